The monoisotopic (exact) mass is 284 g/mol. The molecule has 0 radical (unpaired) electrons. The van der Waals surface area contributed by atoms with Gasteiger partial charge in [-0.15, -0.1) is 0 Å². The van der Waals surface area contributed by atoms with Crippen molar-refractivity contribution < 1.29 is 0 Å². The van der Waals surface area contributed by atoms with Crippen LogP contribution in [0.25, 0.3) is 0 Å². The summed E-state index contributed by atoms with van der Waals surface area (Å²) in [5, 5.41) is 3.45. The number of piperidine rings is 1. The highest BCUT2D eigenvalue weighted by Crippen LogP contribution is 2.22. The third-order valence-corrected chi connectivity index (χ3v) is 4.18. The lowest BCUT2D eigenvalue weighted by molar-refractivity contribution is 0.578. The lowest BCUT2D eigenvalue weighted by Gasteiger charge is -2.28. The Balaban J connectivity index is 1.59. The van der Waals surface area contributed by atoms with E-state index in [1.807, 2.05) is 12.4 Å². The van der Waals surface area contributed by atoms with Crippen molar-refractivity contribution in [3.63, 3.8) is 0 Å². The maximum Gasteiger partial charge on any atom is 0.128 e. The van der Waals surface area contributed by atoms with Crippen LogP contribution in [0, 0.1) is 0 Å². The van der Waals surface area contributed by atoms with E-state index in [9.17, 15) is 0 Å². The van der Waals surface area contributed by atoms with Crippen LogP contribution in [0.2, 0.25) is 0 Å². The fourth-order valence-corrected chi connectivity index (χ4v) is 2.92. The molecular formula is C17H24N4. The Morgan fingerprint density at radius 2 is 1.86 bits per heavy atom. The van der Waals surface area contributed by atoms with E-state index >= 15 is 0 Å². The van der Waals surface area contributed by atoms with E-state index < -0.39 is 0 Å². The Labute approximate surface area is 126 Å². The summed E-state index contributed by atoms with van der Waals surface area (Å²) in [7, 11) is 0. The Morgan fingerprint density at radius 1 is 1.10 bits per heavy atom. The van der Waals surface area contributed by atoms with Crippen LogP contribution in [-0.4, -0.2) is 22.6 Å². The Morgan fingerprint density at radius 3 is 2.57 bits per heavy atom. The molecular weight excluding hydrogens is 260 g/mol. The Hall–Kier alpha value is -1.97. The van der Waals surface area contributed by atoms with Gasteiger partial charge >= 0.3 is 0 Å². The van der Waals surface area contributed by atoms with Gasteiger partial charge in [-0.05, 0) is 50.5 Å². The highest BCUT2D eigenvalue weighted by Gasteiger charge is 2.10. The molecule has 4 heteroatoms. The molecule has 21 heavy (non-hydrogen) atoms. The van der Waals surface area contributed by atoms with Gasteiger partial charge in [-0.3, -0.25) is 0 Å². The standard InChI is InChI=1S/C17H24N4/c1-2-20-13-10-18-17(20)14-19-15-6-8-16(9-7-15)21-11-4-3-5-12-21/h6-10,13,19H,2-5,11-12,14H2,1H3. The summed E-state index contributed by atoms with van der Waals surface area (Å²) in [4.78, 5) is 6.87. The molecule has 0 aliphatic carbocycles. The first-order chi connectivity index (χ1) is 10.4. The van der Waals surface area contributed by atoms with Crippen molar-refractivity contribution in [3.8, 4) is 0 Å². The second-order valence-corrected chi connectivity index (χ2v) is 5.58. The first kappa shape index (κ1) is 14.0. The van der Waals surface area contributed by atoms with E-state index in [2.05, 4.69) is 51.0 Å². The van der Waals surface area contributed by atoms with Crippen LogP contribution in [0.4, 0.5) is 11.4 Å². The minimum Gasteiger partial charge on any atom is -0.378 e. The molecule has 112 valence electrons. The molecule has 1 fully saturated rings. The van der Waals surface area contributed by atoms with Gasteiger partial charge in [0.1, 0.15) is 5.82 Å². The number of hydrogen-bond acceptors (Lipinski definition) is 3. The highest BCUT2D eigenvalue weighted by atomic mass is 15.1. The van der Waals surface area contributed by atoms with Crippen LogP contribution in [0.5, 0.6) is 0 Å². The van der Waals surface area contributed by atoms with Crippen molar-refractivity contribution in [1.29, 1.82) is 0 Å². The molecule has 4 nitrogen and oxygen atoms in total. The van der Waals surface area contributed by atoms with Gasteiger partial charge in [0, 0.05) is 43.4 Å². The van der Waals surface area contributed by atoms with Crippen LogP contribution in [-0.2, 0) is 13.1 Å². The molecule has 3 rings (SSSR count). The van der Waals surface area contributed by atoms with Gasteiger partial charge < -0.3 is 14.8 Å². The molecule has 1 N–H and O–H groups in total. The van der Waals surface area contributed by atoms with E-state index in [1.165, 1.54) is 38.0 Å². The van der Waals surface area contributed by atoms with Crippen molar-refractivity contribution >= 4 is 11.4 Å². The van der Waals surface area contributed by atoms with Crippen LogP contribution in [0.15, 0.2) is 36.7 Å². The second kappa shape index (κ2) is 6.66. The topological polar surface area (TPSA) is 33.1 Å². The molecule has 0 bridgehead atoms. The Bertz CT molecular complexity index is 552. The summed E-state index contributed by atoms with van der Waals surface area (Å²) in [6.07, 6.45) is 7.90. The number of aromatic nitrogens is 2. The van der Waals surface area contributed by atoms with E-state index in [1.54, 1.807) is 0 Å². The largest absolute Gasteiger partial charge is 0.378 e. The van der Waals surface area contributed by atoms with Gasteiger partial charge in [-0.25, -0.2) is 4.98 Å². The quantitative estimate of drug-likeness (QED) is 0.912. The van der Waals surface area contributed by atoms with Crippen molar-refractivity contribution in [2.24, 2.45) is 0 Å². The van der Waals surface area contributed by atoms with Crippen molar-refractivity contribution in [1.82, 2.24) is 9.55 Å². The van der Waals surface area contributed by atoms with E-state index in [-0.39, 0.29) is 0 Å². The maximum absolute atomic E-state index is 4.39. The zero-order chi connectivity index (χ0) is 14.5. The van der Waals surface area contributed by atoms with Crippen LogP contribution >= 0.6 is 0 Å². The van der Waals surface area contributed by atoms with Gasteiger partial charge in [0.15, 0.2) is 0 Å². The van der Waals surface area contributed by atoms with Crippen LogP contribution in [0.1, 0.15) is 32.0 Å². The van der Waals surface area contributed by atoms with Gasteiger partial charge in [-0.1, -0.05) is 0 Å². The van der Waals surface area contributed by atoms with Gasteiger partial charge in [-0.2, -0.15) is 0 Å². The predicted molar refractivity (Wildman–Crippen MR) is 87.7 cm³/mol. The summed E-state index contributed by atoms with van der Waals surface area (Å²) < 4.78 is 2.16. The SMILES string of the molecule is CCn1ccnc1CNc1ccc(N2CCCCC2)cc1. The van der Waals surface area contributed by atoms with Crippen molar-refractivity contribution in [3.05, 3.63) is 42.5 Å². The minimum atomic E-state index is 0.768. The van der Waals surface area contributed by atoms with E-state index in [4.69, 9.17) is 0 Å². The van der Waals surface area contributed by atoms with Gasteiger partial charge in [0.25, 0.3) is 0 Å². The molecule has 2 aromatic rings. The summed E-state index contributed by atoms with van der Waals surface area (Å²) in [5.74, 6) is 1.08. The fourth-order valence-electron chi connectivity index (χ4n) is 2.92. The van der Waals surface area contributed by atoms with Gasteiger partial charge in [0.05, 0.1) is 6.54 Å². The number of benzene rings is 1. The number of nitrogens with zero attached hydrogens (tertiary/aromatic N) is 3. The lowest BCUT2D eigenvalue weighted by atomic mass is 10.1. The molecule has 1 aromatic heterocycles. The molecule has 0 amide bonds. The van der Waals surface area contributed by atoms with Crippen LogP contribution < -0.4 is 10.2 Å². The normalized spacial score (nSPS) is 15.2. The van der Waals surface area contributed by atoms with E-state index in [0.717, 1.165) is 24.6 Å². The highest BCUT2D eigenvalue weighted by molar-refractivity contribution is 5.55. The molecule has 0 saturated carbocycles. The number of anilines is 2. The first-order valence-corrected chi connectivity index (χ1v) is 7.95. The zero-order valence-electron chi connectivity index (χ0n) is 12.8. The molecule has 0 unspecified atom stereocenters. The number of rotatable bonds is 5. The summed E-state index contributed by atoms with van der Waals surface area (Å²) in [6, 6.07) is 8.78. The van der Waals surface area contributed by atoms with Crippen molar-refractivity contribution in [2.75, 3.05) is 23.3 Å². The number of aryl methyl sites for hydroxylation is 1. The molecule has 2 heterocycles. The van der Waals surface area contributed by atoms with E-state index in [0.29, 0.717) is 0 Å². The lowest BCUT2D eigenvalue weighted by Crippen LogP contribution is -2.29. The Kier molecular flexibility index (Phi) is 4.43. The molecule has 1 saturated heterocycles. The second-order valence-electron chi connectivity index (χ2n) is 5.58. The first-order valence-electron chi connectivity index (χ1n) is 7.95. The third kappa shape index (κ3) is 3.38. The zero-order valence-corrected chi connectivity index (χ0v) is 12.8. The summed E-state index contributed by atoms with van der Waals surface area (Å²) in [6.45, 7) is 6.26. The number of hydrogen-bond donors (Lipinski definition) is 1. The van der Waals surface area contributed by atoms with Crippen molar-refractivity contribution in [2.45, 2.75) is 39.3 Å². The third-order valence-electron chi connectivity index (χ3n) is 4.18. The predicted octanol–water partition coefficient (Wildman–Crippen LogP) is 3.51. The molecule has 1 aliphatic heterocycles. The maximum atomic E-state index is 4.39. The summed E-state index contributed by atoms with van der Waals surface area (Å²) >= 11 is 0. The number of imidazole rings is 1. The molecule has 1 aromatic carbocycles. The number of nitrogens with one attached hydrogen (secondary N) is 1. The molecule has 0 spiro atoms. The minimum absolute atomic E-state index is 0.768. The smallest absolute Gasteiger partial charge is 0.128 e. The van der Waals surface area contributed by atoms with Crippen LogP contribution in [0.3, 0.4) is 0 Å². The fraction of sp³-hybridized carbons (Fsp3) is 0.471. The summed E-state index contributed by atoms with van der Waals surface area (Å²) in [5.41, 5.74) is 2.50. The van der Waals surface area contributed by atoms with Gasteiger partial charge in [0.2, 0.25) is 0 Å². The molecule has 0 atom stereocenters. The average Bonchev–Trinajstić information content (AvgIpc) is 3.02. The average molecular weight is 284 g/mol. The molecule has 1 aliphatic rings.